The molecule has 1 fully saturated rings. The molecule has 1 aliphatic rings. The number of unbranched alkanes of at least 4 members (excludes halogenated alkanes) is 4. The molecule has 0 bridgehead atoms. The molecule has 31 heavy (non-hydrogen) atoms. The summed E-state index contributed by atoms with van der Waals surface area (Å²) in [5.41, 5.74) is 4.49. The summed E-state index contributed by atoms with van der Waals surface area (Å²) in [5, 5.41) is 0. The van der Waals surface area contributed by atoms with Crippen LogP contribution in [0.3, 0.4) is 0 Å². The van der Waals surface area contributed by atoms with E-state index < -0.39 is 11.6 Å². The fourth-order valence-electron chi connectivity index (χ4n) is 4.50. The van der Waals surface area contributed by atoms with Crippen LogP contribution in [0, 0.1) is 31.4 Å². The Balaban J connectivity index is 1.48. The predicted octanol–water partition coefficient (Wildman–Crippen LogP) is 6.29. The number of aryl methyl sites for hydroxylation is 2. The number of nitrogens with zero attached hydrogens (tertiary/aromatic N) is 1. The van der Waals surface area contributed by atoms with Gasteiger partial charge in [-0.1, -0.05) is 43.9 Å². The Labute approximate surface area is 185 Å². The van der Waals surface area contributed by atoms with E-state index in [0.29, 0.717) is 0 Å². The number of benzene rings is 2. The molecule has 1 heterocycles. The molecule has 1 atom stereocenters. The van der Waals surface area contributed by atoms with E-state index in [2.05, 4.69) is 43.2 Å². The molecule has 0 saturated carbocycles. The first-order valence-corrected chi connectivity index (χ1v) is 11.6. The maximum Gasteiger partial charge on any atom is 0.204 e. The highest BCUT2D eigenvalue weighted by atomic mass is 19.1. The highest BCUT2D eigenvalue weighted by Gasteiger charge is 2.25. The van der Waals surface area contributed by atoms with E-state index in [1.54, 1.807) is 0 Å². The van der Waals surface area contributed by atoms with Crippen molar-refractivity contribution >= 4 is 6.29 Å². The topological polar surface area (TPSA) is 20.3 Å². The van der Waals surface area contributed by atoms with Gasteiger partial charge in [0.2, 0.25) is 6.29 Å². The molecular weight excluding hydrogens is 392 g/mol. The van der Waals surface area contributed by atoms with E-state index in [1.165, 1.54) is 41.7 Å². The van der Waals surface area contributed by atoms with Gasteiger partial charge in [0.1, 0.15) is 11.6 Å². The number of likely N-dealkylation sites (tertiary alicyclic amines) is 1. The summed E-state index contributed by atoms with van der Waals surface area (Å²) in [6.07, 6.45) is 9.49. The molecular formula is C27H34F2NO. The van der Waals surface area contributed by atoms with Gasteiger partial charge in [-0.15, -0.1) is 0 Å². The molecule has 1 saturated heterocycles. The predicted molar refractivity (Wildman–Crippen MR) is 122 cm³/mol. The van der Waals surface area contributed by atoms with Crippen molar-refractivity contribution in [3.8, 4) is 0 Å². The summed E-state index contributed by atoms with van der Waals surface area (Å²) in [6.45, 7) is 7.00. The second-order valence-electron chi connectivity index (χ2n) is 9.15. The minimum atomic E-state index is -0.500. The maximum atomic E-state index is 13.9. The van der Waals surface area contributed by atoms with Crippen molar-refractivity contribution in [1.82, 2.24) is 4.90 Å². The van der Waals surface area contributed by atoms with Crippen LogP contribution in [0.15, 0.2) is 36.4 Å². The summed E-state index contributed by atoms with van der Waals surface area (Å²) in [4.78, 5) is 12.8. The Bertz CT molecular complexity index is 840. The van der Waals surface area contributed by atoms with Crippen molar-refractivity contribution in [2.75, 3.05) is 19.6 Å². The van der Waals surface area contributed by atoms with Gasteiger partial charge in [0.15, 0.2) is 0 Å². The summed E-state index contributed by atoms with van der Waals surface area (Å²) in [7, 11) is 0. The lowest BCUT2D eigenvalue weighted by Crippen LogP contribution is -2.47. The van der Waals surface area contributed by atoms with Gasteiger partial charge in [-0.05, 0) is 80.0 Å². The van der Waals surface area contributed by atoms with E-state index >= 15 is 0 Å². The first-order valence-electron chi connectivity index (χ1n) is 11.6. The minimum Gasteiger partial charge on any atom is -0.302 e. The van der Waals surface area contributed by atoms with Crippen LogP contribution < -0.4 is 0 Å². The molecule has 4 heteroatoms. The molecule has 3 rings (SSSR count). The van der Waals surface area contributed by atoms with Gasteiger partial charge in [-0.25, -0.2) is 8.78 Å². The second-order valence-corrected chi connectivity index (χ2v) is 9.15. The highest BCUT2D eigenvalue weighted by molar-refractivity contribution is 5.56. The molecule has 2 aromatic carbocycles. The lowest BCUT2D eigenvalue weighted by molar-refractivity contribution is 0.137. The van der Waals surface area contributed by atoms with Gasteiger partial charge in [0.05, 0.1) is 5.92 Å². The van der Waals surface area contributed by atoms with Gasteiger partial charge < -0.3 is 4.90 Å². The van der Waals surface area contributed by atoms with E-state index in [0.717, 1.165) is 63.4 Å². The Morgan fingerprint density at radius 1 is 0.935 bits per heavy atom. The minimum absolute atomic E-state index is 0.116. The Morgan fingerprint density at radius 2 is 1.61 bits per heavy atom. The Morgan fingerprint density at radius 3 is 2.29 bits per heavy atom. The Hall–Kier alpha value is -2.07. The largest absolute Gasteiger partial charge is 0.302 e. The molecule has 1 radical (unpaired) electrons. The summed E-state index contributed by atoms with van der Waals surface area (Å²) >= 11 is 0. The summed E-state index contributed by atoms with van der Waals surface area (Å²) in [5.74, 6) is -0.757. The molecule has 0 aliphatic carbocycles. The van der Waals surface area contributed by atoms with Gasteiger partial charge in [-0.3, -0.25) is 4.79 Å². The lowest BCUT2D eigenvalue weighted by Gasteiger charge is -2.35. The second kappa shape index (κ2) is 11.5. The van der Waals surface area contributed by atoms with Crippen LogP contribution >= 0.6 is 0 Å². The third-order valence-corrected chi connectivity index (χ3v) is 6.56. The van der Waals surface area contributed by atoms with Crippen molar-refractivity contribution in [2.24, 2.45) is 5.92 Å². The van der Waals surface area contributed by atoms with E-state index in [-0.39, 0.29) is 11.8 Å². The van der Waals surface area contributed by atoms with Crippen molar-refractivity contribution < 1.29 is 13.6 Å². The van der Waals surface area contributed by atoms with Crippen LogP contribution in [0.1, 0.15) is 66.7 Å². The number of hydrogen-bond acceptors (Lipinski definition) is 2. The van der Waals surface area contributed by atoms with Crippen molar-refractivity contribution in [3.63, 3.8) is 0 Å². The molecule has 2 aromatic rings. The maximum absolute atomic E-state index is 13.9. The van der Waals surface area contributed by atoms with Gasteiger partial charge in [0, 0.05) is 19.2 Å². The van der Waals surface area contributed by atoms with Crippen molar-refractivity contribution in [2.45, 2.75) is 64.7 Å². The van der Waals surface area contributed by atoms with Crippen LogP contribution in [0.4, 0.5) is 8.78 Å². The van der Waals surface area contributed by atoms with Crippen LogP contribution in [0.5, 0.6) is 0 Å². The summed E-state index contributed by atoms with van der Waals surface area (Å²) in [6, 6.07) is 10.4. The fourth-order valence-corrected chi connectivity index (χ4v) is 4.50. The number of hydrogen-bond donors (Lipinski definition) is 0. The van der Waals surface area contributed by atoms with Gasteiger partial charge >= 0.3 is 0 Å². The zero-order chi connectivity index (χ0) is 22.2. The van der Waals surface area contributed by atoms with E-state index in [4.69, 9.17) is 0 Å². The van der Waals surface area contributed by atoms with E-state index in [9.17, 15) is 13.6 Å². The normalized spacial score (nSPS) is 15.6. The van der Waals surface area contributed by atoms with Gasteiger partial charge in [-0.2, -0.15) is 0 Å². The smallest absolute Gasteiger partial charge is 0.204 e. The third-order valence-electron chi connectivity index (χ3n) is 6.56. The zero-order valence-corrected chi connectivity index (χ0v) is 18.8. The molecule has 0 amide bonds. The van der Waals surface area contributed by atoms with E-state index in [1.807, 2.05) is 0 Å². The number of rotatable bonds is 12. The van der Waals surface area contributed by atoms with Crippen molar-refractivity contribution in [3.05, 3.63) is 70.3 Å². The number of carbonyl (C=O) groups excluding carboxylic acids is 1. The van der Waals surface area contributed by atoms with Crippen molar-refractivity contribution in [1.29, 1.82) is 0 Å². The van der Waals surface area contributed by atoms with Gasteiger partial charge in [0.25, 0.3) is 0 Å². The third kappa shape index (κ3) is 7.24. The molecule has 0 N–H and O–H groups in total. The number of halogens is 2. The first kappa shape index (κ1) is 23.6. The molecule has 0 aromatic heterocycles. The van der Waals surface area contributed by atoms with Crippen LogP contribution in [0.2, 0.25) is 0 Å². The fraction of sp³-hybridized carbons (Fsp3) is 0.519. The summed E-state index contributed by atoms with van der Waals surface area (Å²) < 4.78 is 27.7. The zero-order valence-electron chi connectivity index (χ0n) is 18.8. The monoisotopic (exact) mass is 426 g/mol. The first-order chi connectivity index (χ1) is 14.9. The molecule has 1 unspecified atom stereocenters. The standard InChI is InChI=1S/C27H34F2NO/c1-20-9-10-22(12-21(20)2)13-24(25-14-26(28)16-27(29)15-25)8-6-4-3-5-7-11-30-17-23(18-30)19-31/h9-10,12,14-16,23-24H,3-8,11,13,17-18H2,1-2H3. The van der Waals surface area contributed by atoms with Crippen LogP contribution in [-0.2, 0) is 11.2 Å². The quantitative estimate of drug-likeness (QED) is 0.372. The van der Waals surface area contributed by atoms with Crippen LogP contribution in [-0.4, -0.2) is 30.8 Å². The molecule has 2 nitrogen and oxygen atoms in total. The molecule has 167 valence electrons. The SMILES string of the molecule is Cc1ccc(CC(CCCCCCCN2CC([C]=O)C2)c2cc(F)cc(F)c2)cc1C. The average Bonchev–Trinajstić information content (AvgIpc) is 2.69. The highest BCUT2D eigenvalue weighted by Crippen LogP contribution is 2.29. The lowest BCUT2D eigenvalue weighted by atomic mass is 9.86. The Kier molecular flexibility index (Phi) is 8.77. The molecule has 1 aliphatic heterocycles. The average molecular weight is 427 g/mol. The molecule has 0 spiro atoms. The van der Waals surface area contributed by atoms with Crippen LogP contribution in [0.25, 0.3) is 0 Å².